The Balaban J connectivity index is 2.79. The summed E-state index contributed by atoms with van der Waals surface area (Å²) >= 11 is 0. The second kappa shape index (κ2) is 7.75. The van der Waals surface area contributed by atoms with Gasteiger partial charge < -0.3 is 5.32 Å². The van der Waals surface area contributed by atoms with E-state index in [4.69, 9.17) is 0 Å². The Labute approximate surface area is 123 Å². The van der Waals surface area contributed by atoms with Crippen molar-refractivity contribution in [2.24, 2.45) is 0 Å². The molecule has 0 aliphatic carbocycles. The Hall–Kier alpha value is -0.920. The van der Waals surface area contributed by atoms with Crippen molar-refractivity contribution >= 4 is 26.5 Å². The molecule has 7 heteroatoms. The molecule has 20 heavy (non-hydrogen) atoms. The second-order valence-corrected chi connectivity index (χ2v) is 8.06. The van der Waals surface area contributed by atoms with Gasteiger partial charge in [-0.25, -0.2) is 13.1 Å². The first kappa shape index (κ1) is 17.1. The number of anilines is 1. The first-order valence-electron chi connectivity index (χ1n) is 6.53. The number of nitrogens with one attached hydrogen (secondary N) is 2. The molecule has 114 valence electrons. The molecule has 0 fully saturated rings. The molecule has 5 nitrogen and oxygen atoms in total. The third kappa shape index (κ3) is 4.88. The lowest BCUT2D eigenvalue weighted by molar-refractivity contribution is 0.584. The van der Waals surface area contributed by atoms with E-state index in [2.05, 4.69) is 10.0 Å². The van der Waals surface area contributed by atoms with Crippen molar-refractivity contribution in [2.75, 3.05) is 24.7 Å². The molecule has 0 aromatic heterocycles. The Morgan fingerprint density at radius 1 is 1.30 bits per heavy atom. The van der Waals surface area contributed by atoms with Crippen LogP contribution in [0.25, 0.3) is 0 Å². The number of rotatable bonds is 8. The van der Waals surface area contributed by atoms with Gasteiger partial charge in [0.15, 0.2) is 0 Å². The van der Waals surface area contributed by atoms with Gasteiger partial charge in [-0.15, -0.1) is 0 Å². The van der Waals surface area contributed by atoms with Crippen molar-refractivity contribution in [1.29, 1.82) is 0 Å². The van der Waals surface area contributed by atoms with Crippen LogP contribution in [0.4, 0.5) is 5.69 Å². The molecule has 2 N–H and O–H groups in total. The molecule has 1 aromatic rings. The quantitative estimate of drug-likeness (QED) is 0.762. The minimum atomic E-state index is -3.48. The molecule has 2 atom stereocenters. The summed E-state index contributed by atoms with van der Waals surface area (Å²) in [6.45, 7) is 4.59. The zero-order valence-corrected chi connectivity index (χ0v) is 13.7. The van der Waals surface area contributed by atoms with Gasteiger partial charge in [-0.3, -0.25) is 4.21 Å². The molecule has 0 aliphatic heterocycles. The molecule has 0 radical (unpaired) electrons. The van der Waals surface area contributed by atoms with Gasteiger partial charge >= 0.3 is 0 Å². The van der Waals surface area contributed by atoms with Crippen LogP contribution in [0, 0.1) is 0 Å². The molecule has 0 bridgehead atoms. The largest absolute Gasteiger partial charge is 0.384 e. The lowest BCUT2D eigenvalue weighted by Gasteiger charge is -2.14. The smallest absolute Gasteiger partial charge is 0.242 e. The maximum absolute atomic E-state index is 12.1. The van der Waals surface area contributed by atoms with E-state index in [1.54, 1.807) is 37.4 Å². The first-order chi connectivity index (χ1) is 9.38. The van der Waals surface area contributed by atoms with E-state index in [0.29, 0.717) is 18.8 Å². The highest BCUT2D eigenvalue weighted by Crippen LogP contribution is 2.20. The van der Waals surface area contributed by atoms with E-state index in [1.165, 1.54) is 0 Å². The number of sulfonamides is 1. The summed E-state index contributed by atoms with van der Waals surface area (Å²) in [5, 5.41) is 3.19. The number of benzene rings is 1. The van der Waals surface area contributed by atoms with Crippen molar-refractivity contribution < 1.29 is 12.6 Å². The van der Waals surface area contributed by atoms with Crippen LogP contribution in [0.5, 0.6) is 0 Å². The molecule has 0 aliphatic rings. The molecular formula is C13H22N2O3S2. The zero-order chi connectivity index (χ0) is 15.2. The number of hydrogen-bond donors (Lipinski definition) is 2. The van der Waals surface area contributed by atoms with E-state index in [0.717, 1.165) is 6.42 Å². The van der Waals surface area contributed by atoms with Crippen LogP contribution in [-0.2, 0) is 20.8 Å². The average Bonchev–Trinajstić information content (AvgIpc) is 2.38. The molecule has 1 aromatic carbocycles. The van der Waals surface area contributed by atoms with Crippen molar-refractivity contribution in [3.63, 3.8) is 0 Å². The van der Waals surface area contributed by atoms with Gasteiger partial charge in [0.25, 0.3) is 0 Å². The fourth-order valence-electron chi connectivity index (χ4n) is 1.69. The molecule has 0 amide bonds. The Bertz CT molecular complexity index is 558. The summed E-state index contributed by atoms with van der Waals surface area (Å²) in [5.74, 6) is 0. The topological polar surface area (TPSA) is 75.3 Å². The minimum Gasteiger partial charge on any atom is -0.384 e. The van der Waals surface area contributed by atoms with Gasteiger partial charge in [0.1, 0.15) is 4.90 Å². The van der Waals surface area contributed by atoms with Crippen LogP contribution in [0.2, 0.25) is 0 Å². The van der Waals surface area contributed by atoms with E-state index >= 15 is 0 Å². The molecule has 0 saturated heterocycles. The van der Waals surface area contributed by atoms with Gasteiger partial charge in [-0.05, 0) is 18.6 Å². The van der Waals surface area contributed by atoms with Crippen LogP contribution in [-0.4, -0.2) is 37.2 Å². The highest BCUT2D eigenvalue weighted by atomic mass is 32.2. The third-order valence-electron chi connectivity index (χ3n) is 2.94. The zero-order valence-electron chi connectivity index (χ0n) is 12.0. The summed E-state index contributed by atoms with van der Waals surface area (Å²) in [7, 11) is -4.34. The maximum Gasteiger partial charge on any atom is 0.242 e. The second-order valence-electron chi connectivity index (χ2n) is 4.52. The molecule has 0 spiro atoms. The van der Waals surface area contributed by atoms with Crippen LogP contribution in [0.1, 0.15) is 20.3 Å². The first-order valence-corrected chi connectivity index (χ1v) is 9.63. The monoisotopic (exact) mass is 318 g/mol. The van der Waals surface area contributed by atoms with Crippen molar-refractivity contribution in [2.45, 2.75) is 30.4 Å². The van der Waals surface area contributed by atoms with Crippen LogP contribution < -0.4 is 10.0 Å². The van der Waals surface area contributed by atoms with Gasteiger partial charge in [0, 0.05) is 35.4 Å². The summed E-state index contributed by atoms with van der Waals surface area (Å²) in [4.78, 5) is 0.243. The maximum atomic E-state index is 12.1. The minimum absolute atomic E-state index is 0.0834. The summed E-state index contributed by atoms with van der Waals surface area (Å²) in [6, 6.07) is 6.79. The van der Waals surface area contributed by atoms with Crippen molar-refractivity contribution in [3.8, 4) is 0 Å². The Morgan fingerprint density at radius 3 is 2.55 bits per heavy atom. The number of para-hydroxylation sites is 1. The predicted octanol–water partition coefficient (Wildman–Crippen LogP) is 1.55. The molecule has 2 unspecified atom stereocenters. The lowest BCUT2D eigenvalue weighted by atomic mass is 10.3. The molecule has 0 saturated carbocycles. The standard InChI is InChI=1S/C13H22N2O3S2/c1-4-15-20(17,18)13-8-6-5-7-12(13)14-10-9-11(2)19(3)16/h5-8,11,14-15H,4,9-10H2,1-3H3. The summed E-state index contributed by atoms with van der Waals surface area (Å²) < 4.78 is 37.9. The summed E-state index contributed by atoms with van der Waals surface area (Å²) in [5.41, 5.74) is 0.572. The lowest BCUT2D eigenvalue weighted by Crippen LogP contribution is -2.24. The van der Waals surface area contributed by atoms with Crippen molar-refractivity contribution in [3.05, 3.63) is 24.3 Å². The Morgan fingerprint density at radius 2 is 1.95 bits per heavy atom. The highest BCUT2D eigenvalue weighted by molar-refractivity contribution is 7.89. The van der Waals surface area contributed by atoms with Crippen LogP contribution in [0.15, 0.2) is 29.2 Å². The van der Waals surface area contributed by atoms with E-state index < -0.39 is 20.8 Å². The molecular weight excluding hydrogens is 296 g/mol. The fraction of sp³-hybridized carbons (Fsp3) is 0.538. The van der Waals surface area contributed by atoms with E-state index in [1.807, 2.05) is 6.92 Å². The third-order valence-corrected chi connectivity index (χ3v) is 5.92. The SMILES string of the molecule is CCNS(=O)(=O)c1ccccc1NCCC(C)S(C)=O. The van der Waals surface area contributed by atoms with E-state index in [-0.39, 0.29) is 10.1 Å². The summed E-state index contributed by atoms with van der Waals surface area (Å²) in [6.07, 6.45) is 2.40. The van der Waals surface area contributed by atoms with Crippen molar-refractivity contribution in [1.82, 2.24) is 4.72 Å². The highest BCUT2D eigenvalue weighted by Gasteiger charge is 2.16. The number of hydrogen-bond acceptors (Lipinski definition) is 4. The average molecular weight is 318 g/mol. The molecule has 1 rings (SSSR count). The molecule has 0 heterocycles. The predicted molar refractivity (Wildman–Crippen MR) is 83.9 cm³/mol. The Kier molecular flexibility index (Phi) is 6.64. The van der Waals surface area contributed by atoms with E-state index in [9.17, 15) is 12.6 Å². The fourth-order valence-corrected chi connectivity index (χ4v) is 3.36. The van der Waals surface area contributed by atoms with Gasteiger partial charge in [-0.1, -0.05) is 26.0 Å². The van der Waals surface area contributed by atoms with Gasteiger partial charge in [0.05, 0.1) is 5.69 Å². The van der Waals surface area contributed by atoms with Gasteiger partial charge in [0.2, 0.25) is 10.0 Å². The van der Waals surface area contributed by atoms with Gasteiger partial charge in [-0.2, -0.15) is 0 Å². The van der Waals surface area contributed by atoms with Crippen LogP contribution >= 0.6 is 0 Å². The van der Waals surface area contributed by atoms with Crippen LogP contribution in [0.3, 0.4) is 0 Å². The normalized spacial score (nSPS) is 14.8.